The van der Waals surface area contributed by atoms with Gasteiger partial charge < -0.3 is 10.2 Å². The largest absolute Gasteiger partial charge is 0.378 e. The number of anilines is 2. The fraction of sp³-hybridized carbons (Fsp3) is 0.345. The Labute approximate surface area is 192 Å². The minimum Gasteiger partial charge on any atom is -0.378 e. The number of hydrogen-bond acceptors (Lipinski definition) is 2. The van der Waals surface area contributed by atoms with Crippen molar-refractivity contribution >= 4 is 17.3 Å². The molecule has 3 aromatic carbocycles. The Hall–Kier alpha value is -3.07. The fourth-order valence-electron chi connectivity index (χ4n) is 4.96. The third-order valence-corrected chi connectivity index (χ3v) is 6.75. The van der Waals surface area contributed by atoms with Crippen molar-refractivity contribution in [1.82, 2.24) is 0 Å². The molecule has 3 aromatic rings. The molecule has 0 saturated carbocycles. The maximum atomic E-state index is 13.8. The lowest BCUT2D eigenvalue weighted by Crippen LogP contribution is -2.50. The number of hydrogen-bond donors (Lipinski definition) is 1. The maximum Gasteiger partial charge on any atom is 0.258 e. The summed E-state index contributed by atoms with van der Waals surface area (Å²) in [5.41, 5.74) is 5.37. The van der Waals surface area contributed by atoms with Crippen LogP contribution < -0.4 is 10.2 Å². The summed E-state index contributed by atoms with van der Waals surface area (Å²) >= 11 is 0. The standard InChI is InChI=1S/C29H34N2O/c1-4-6-12-22-17-19-23(20-18-22)29(32)31-26(5-2)21(3)28(25-15-10-11-16-27(25)31)30-24-13-8-7-9-14-24/h7-11,13-21,26,28,30H,4-6,12H2,1-3H3/t21-,26+,28-/m1/s1. The molecule has 0 aromatic heterocycles. The number of amides is 1. The smallest absolute Gasteiger partial charge is 0.258 e. The number of carbonyl (C=O) groups excluding carboxylic acids is 1. The highest BCUT2D eigenvalue weighted by Crippen LogP contribution is 2.43. The van der Waals surface area contributed by atoms with E-state index in [2.05, 4.69) is 80.7 Å². The van der Waals surface area contributed by atoms with Gasteiger partial charge in [-0.15, -0.1) is 0 Å². The molecule has 3 heteroatoms. The molecule has 0 bridgehead atoms. The molecule has 1 N–H and O–H groups in total. The Morgan fingerprint density at radius 2 is 1.59 bits per heavy atom. The molecule has 1 aliphatic rings. The van der Waals surface area contributed by atoms with Gasteiger partial charge in [0.15, 0.2) is 0 Å². The van der Waals surface area contributed by atoms with E-state index >= 15 is 0 Å². The third-order valence-electron chi connectivity index (χ3n) is 6.75. The molecule has 3 atom stereocenters. The van der Waals surface area contributed by atoms with Gasteiger partial charge in [0.1, 0.15) is 0 Å². The van der Waals surface area contributed by atoms with Crippen LogP contribution in [-0.2, 0) is 6.42 Å². The predicted molar refractivity (Wildman–Crippen MR) is 134 cm³/mol. The van der Waals surface area contributed by atoms with Gasteiger partial charge in [0, 0.05) is 28.9 Å². The second kappa shape index (κ2) is 10.0. The first-order valence-corrected chi connectivity index (χ1v) is 12.0. The van der Waals surface area contributed by atoms with Crippen LogP contribution in [0.1, 0.15) is 67.6 Å². The zero-order valence-electron chi connectivity index (χ0n) is 19.4. The molecule has 1 amide bonds. The average molecular weight is 427 g/mol. The van der Waals surface area contributed by atoms with Crippen molar-refractivity contribution in [3.63, 3.8) is 0 Å². The van der Waals surface area contributed by atoms with Crippen LogP contribution in [0.3, 0.4) is 0 Å². The monoisotopic (exact) mass is 426 g/mol. The molecule has 0 saturated heterocycles. The summed E-state index contributed by atoms with van der Waals surface area (Å²) in [7, 11) is 0. The maximum absolute atomic E-state index is 13.8. The summed E-state index contributed by atoms with van der Waals surface area (Å²) in [4.78, 5) is 15.8. The van der Waals surface area contributed by atoms with Crippen LogP contribution in [0.4, 0.5) is 11.4 Å². The van der Waals surface area contributed by atoms with Gasteiger partial charge in [-0.25, -0.2) is 0 Å². The molecule has 0 aliphatic carbocycles. The van der Waals surface area contributed by atoms with Crippen molar-refractivity contribution in [1.29, 1.82) is 0 Å². The zero-order chi connectivity index (χ0) is 22.5. The van der Waals surface area contributed by atoms with Crippen LogP contribution >= 0.6 is 0 Å². The first-order valence-electron chi connectivity index (χ1n) is 12.0. The van der Waals surface area contributed by atoms with Crippen LogP contribution in [0.2, 0.25) is 0 Å². The van der Waals surface area contributed by atoms with Crippen LogP contribution in [0, 0.1) is 5.92 Å². The Morgan fingerprint density at radius 3 is 2.28 bits per heavy atom. The molecule has 3 nitrogen and oxygen atoms in total. The van der Waals surface area contributed by atoms with Gasteiger partial charge in [0.2, 0.25) is 0 Å². The van der Waals surface area contributed by atoms with Crippen LogP contribution in [0.25, 0.3) is 0 Å². The second-order valence-electron chi connectivity index (χ2n) is 8.86. The lowest BCUT2D eigenvalue weighted by molar-refractivity contribution is 0.0960. The van der Waals surface area contributed by atoms with E-state index in [-0.39, 0.29) is 23.9 Å². The van der Waals surface area contributed by atoms with Gasteiger partial charge in [0.25, 0.3) is 5.91 Å². The molecular formula is C29H34N2O. The van der Waals surface area contributed by atoms with E-state index < -0.39 is 0 Å². The highest BCUT2D eigenvalue weighted by molar-refractivity contribution is 6.07. The van der Waals surface area contributed by atoms with Crippen molar-refractivity contribution in [3.8, 4) is 0 Å². The van der Waals surface area contributed by atoms with E-state index in [4.69, 9.17) is 0 Å². The lowest BCUT2D eigenvalue weighted by Gasteiger charge is -2.45. The Morgan fingerprint density at radius 1 is 0.906 bits per heavy atom. The Balaban J connectivity index is 1.68. The van der Waals surface area contributed by atoms with Crippen LogP contribution in [0.15, 0.2) is 78.9 Å². The number of nitrogens with one attached hydrogen (secondary N) is 1. The van der Waals surface area contributed by atoms with Crippen molar-refractivity contribution in [3.05, 3.63) is 95.6 Å². The second-order valence-corrected chi connectivity index (χ2v) is 8.86. The number of aryl methyl sites for hydroxylation is 1. The first kappa shape index (κ1) is 22.1. The highest BCUT2D eigenvalue weighted by atomic mass is 16.2. The summed E-state index contributed by atoms with van der Waals surface area (Å²) in [6.45, 7) is 6.65. The summed E-state index contributed by atoms with van der Waals surface area (Å²) in [5, 5.41) is 3.74. The van der Waals surface area contributed by atoms with Crippen molar-refractivity contribution in [2.75, 3.05) is 10.2 Å². The van der Waals surface area contributed by atoms with Crippen molar-refractivity contribution in [2.24, 2.45) is 5.92 Å². The molecule has 1 aliphatic heterocycles. The van der Waals surface area contributed by atoms with E-state index in [1.165, 1.54) is 24.0 Å². The molecule has 0 spiro atoms. The zero-order valence-corrected chi connectivity index (χ0v) is 19.4. The van der Waals surface area contributed by atoms with Gasteiger partial charge in [-0.1, -0.05) is 75.7 Å². The van der Waals surface area contributed by atoms with Crippen LogP contribution in [0.5, 0.6) is 0 Å². The molecule has 166 valence electrons. The molecule has 0 unspecified atom stereocenters. The SMILES string of the molecule is CCCCc1ccc(C(=O)N2c3ccccc3[C@H](Nc3ccccc3)[C@H](C)[C@@H]2CC)cc1. The summed E-state index contributed by atoms with van der Waals surface area (Å²) in [5.74, 6) is 0.360. The third kappa shape index (κ3) is 4.43. The van der Waals surface area contributed by atoms with E-state index in [9.17, 15) is 4.79 Å². The first-order chi connectivity index (χ1) is 15.6. The van der Waals surface area contributed by atoms with Gasteiger partial charge >= 0.3 is 0 Å². The Kier molecular flexibility index (Phi) is 6.94. The average Bonchev–Trinajstić information content (AvgIpc) is 2.84. The van der Waals surface area contributed by atoms with Crippen LogP contribution in [-0.4, -0.2) is 11.9 Å². The predicted octanol–water partition coefficient (Wildman–Crippen LogP) is 7.26. The summed E-state index contributed by atoms with van der Waals surface area (Å²) in [6, 6.07) is 27.2. The summed E-state index contributed by atoms with van der Waals surface area (Å²) < 4.78 is 0. The molecule has 0 fully saturated rings. The van der Waals surface area contributed by atoms with E-state index in [1.54, 1.807) is 0 Å². The fourth-order valence-corrected chi connectivity index (χ4v) is 4.96. The number of nitrogens with zero attached hydrogens (tertiary/aromatic N) is 1. The van der Waals surface area contributed by atoms with Gasteiger partial charge in [-0.05, 0) is 60.7 Å². The van der Waals surface area contributed by atoms with E-state index in [1.807, 2.05) is 29.2 Å². The lowest BCUT2D eigenvalue weighted by atomic mass is 9.80. The van der Waals surface area contributed by atoms with Crippen molar-refractivity contribution < 1.29 is 4.79 Å². The molecule has 0 radical (unpaired) electrons. The summed E-state index contributed by atoms with van der Waals surface area (Å²) in [6.07, 6.45) is 4.33. The number of unbranched alkanes of at least 4 members (excludes halogenated alkanes) is 1. The Bertz CT molecular complexity index is 1030. The number of carbonyl (C=O) groups is 1. The van der Waals surface area contributed by atoms with Gasteiger partial charge in [0.05, 0.1) is 6.04 Å². The number of benzene rings is 3. The topological polar surface area (TPSA) is 32.3 Å². The quantitative estimate of drug-likeness (QED) is 0.431. The molecule has 32 heavy (non-hydrogen) atoms. The minimum absolute atomic E-state index is 0.0938. The normalized spacial score (nSPS) is 20.0. The number of fused-ring (bicyclic) bond motifs is 1. The minimum atomic E-state index is 0.0938. The molecule has 1 heterocycles. The van der Waals surface area contributed by atoms with Gasteiger partial charge in [-0.2, -0.15) is 0 Å². The van der Waals surface area contributed by atoms with E-state index in [0.29, 0.717) is 0 Å². The van der Waals surface area contributed by atoms with Gasteiger partial charge in [-0.3, -0.25) is 4.79 Å². The van der Waals surface area contributed by atoms with Crippen molar-refractivity contribution in [2.45, 2.75) is 58.5 Å². The number of para-hydroxylation sites is 2. The molecular weight excluding hydrogens is 392 g/mol. The highest BCUT2D eigenvalue weighted by Gasteiger charge is 2.40. The number of rotatable bonds is 7. The molecule has 4 rings (SSSR count). The van der Waals surface area contributed by atoms with E-state index in [0.717, 1.165) is 29.8 Å².